The van der Waals surface area contributed by atoms with E-state index in [0.29, 0.717) is 18.0 Å². The van der Waals surface area contributed by atoms with Gasteiger partial charge in [0.25, 0.3) is 0 Å². The molecule has 2 N–H and O–H groups in total. The van der Waals surface area contributed by atoms with Crippen LogP contribution in [0.5, 0.6) is 0 Å². The largest absolute Gasteiger partial charge is 0.379 e. The number of rotatable bonds is 5. The first-order valence-electron chi connectivity index (χ1n) is 10.6. The van der Waals surface area contributed by atoms with Crippen molar-refractivity contribution in [3.05, 3.63) is 34.5 Å². The second-order valence-corrected chi connectivity index (χ2v) is 8.38. The first kappa shape index (κ1) is 25.5. The van der Waals surface area contributed by atoms with Gasteiger partial charge in [-0.2, -0.15) is 0 Å². The number of carbonyl (C=O) groups is 1. The molecule has 29 heavy (non-hydrogen) atoms. The minimum atomic E-state index is 0.0417. The number of halogens is 1. The highest BCUT2D eigenvalue weighted by Crippen LogP contribution is 2.25. The van der Waals surface area contributed by atoms with E-state index in [1.54, 1.807) is 7.11 Å². The van der Waals surface area contributed by atoms with Gasteiger partial charge in [-0.05, 0) is 70.5 Å². The van der Waals surface area contributed by atoms with E-state index in [1.807, 2.05) is 46.8 Å². The number of likely N-dealkylation sites (tertiary alicyclic amines) is 1. The molecule has 6 heteroatoms. The molecule has 0 spiro atoms. The van der Waals surface area contributed by atoms with E-state index >= 15 is 0 Å². The van der Waals surface area contributed by atoms with Crippen LogP contribution in [0, 0.1) is 0 Å². The number of ether oxygens (including phenoxy) is 1. The standard InChI is InChI=1S/C16H20ClN3O.C5H12O.C2H6/c17-15-7-12-6-14(10-20-4-2-1-3-5-20)19-16(12)8-13(15)9-18-11-21;1-5(2,3)6-4;1-2/h6-8,11,19H,1-5,9-10H2,(H,18,21);1-4H3;1-2H3. The van der Waals surface area contributed by atoms with E-state index in [0.717, 1.165) is 23.0 Å². The molecule has 1 aliphatic heterocycles. The molecule has 0 atom stereocenters. The lowest BCUT2D eigenvalue weighted by molar-refractivity contribution is -0.109. The number of piperidine rings is 1. The molecular formula is C23H38ClN3O2. The maximum Gasteiger partial charge on any atom is 0.207 e. The van der Waals surface area contributed by atoms with E-state index < -0.39 is 0 Å². The lowest BCUT2D eigenvalue weighted by atomic mass is 10.1. The van der Waals surface area contributed by atoms with Crippen molar-refractivity contribution in [1.29, 1.82) is 0 Å². The topological polar surface area (TPSA) is 57.4 Å². The summed E-state index contributed by atoms with van der Waals surface area (Å²) in [4.78, 5) is 16.4. The number of carbonyl (C=O) groups excluding carboxylic acids is 1. The minimum absolute atomic E-state index is 0.0417. The third-order valence-electron chi connectivity index (χ3n) is 4.67. The van der Waals surface area contributed by atoms with Crippen LogP contribution in [0.15, 0.2) is 18.2 Å². The van der Waals surface area contributed by atoms with E-state index in [2.05, 4.69) is 21.3 Å². The summed E-state index contributed by atoms with van der Waals surface area (Å²) in [5.74, 6) is 0. The van der Waals surface area contributed by atoms with Gasteiger partial charge in [-0.25, -0.2) is 0 Å². The van der Waals surface area contributed by atoms with E-state index in [9.17, 15) is 4.79 Å². The zero-order valence-electron chi connectivity index (χ0n) is 18.9. The monoisotopic (exact) mass is 423 g/mol. The van der Waals surface area contributed by atoms with Crippen molar-refractivity contribution >= 4 is 28.9 Å². The maximum atomic E-state index is 10.4. The summed E-state index contributed by atoms with van der Waals surface area (Å²) in [7, 11) is 1.71. The molecule has 1 aromatic heterocycles. The van der Waals surface area contributed by atoms with Gasteiger partial charge in [0.05, 0.1) is 5.60 Å². The number of nitrogens with one attached hydrogen (secondary N) is 2. The second-order valence-electron chi connectivity index (χ2n) is 7.98. The van der Waals surface area contributed by atoms with Crippen molar-refractivity contribution in [3.8, 4) is 0 Å². The molecule has 0 aliphatic carbocycles. The van der Waals surface area contributed by atoms with Crippen LogP contribution in [0.25, 0.3) is 10.9 Å². The predicted octanol–water partition coefficient (Wildman–Crippen LogP) is 5.51. The fourth-order valence-electron chi connectivity index (χ4n) is 2.99. The highest BCUT2D eigenvalue weighted by molar-refractivity contribution is 6.32. The smallest absolute Gasteiger partial charge is 0.207 e. The number of aromatic amines is 1. The van der Waals surface area contributed by atoms with Crippen LogP contribution < -0.4 is 5.32 Å². The SMILES string of the molecule is CC.COC(C)(C)C.O=CNCc1cc2[nH]c(CN3CCCCC3)cc2cc1Cl. The third kappa shape index (κ3) is 9.20. The molecule has 2 aromatic rings. The van der Waals surface area contributed by atoms with Crippen molar-refractivity contribution in [1.82, 2.24) is 15.2 Å². The first-order chi connectivity index (χ1) is 13.8. The normalized spacial score (nSPS) is 14.4. The molecule has 164 valence electrons. The molecular weight excluding hydrogens is 386 g/mol. The maximum absolute atomic E-state index is 10.4. The molecule has 0 bridgehead atoms. The number of methoxy groups -OCH3 is 1. The predicted molar refractivity (Wildman–Crippen MR) is 123 cm³/mol. The number of hydrogen-bond donors (Lipinski definition) is 2. The summed E-state index contributed by atoms with van der Waals surface area (Å²) in [5.41, 5.74) is 3.28. The van der Waals surface area contributed by atoms with Crippen LogP contribution in [0.1, 0.15) is 65.1 Å². The molecule has 1 fully saturated rings. The quantitative estimate of drug-likeness (QED) is 0.623. The molecule has 5 nitrogen and oxygen atoms in total. The first-order valence-corrected chi connectivity index (χ1v) is 10.9. The number of hydrogen-bond acceptors (Lipinski definition) is 3. The fraction of sp³-hybridized carbons (Fsp3) is 0.609. The molecule has 1 aromatic carbocycles. The van der Waals surface area contributed by atoms with Crippen LogP contribution in [0.3, 0.4) is 0 Å². The molecule has 1 amide bonds. The van der Waals surface area contributed by atoms with Crippen molar-refractivity contribution < 1.29 is 9.53 Å². The lowest BCUT2D eigenvalue weighted by Crippen LogP contribution is -2.29. The van der Waals surface area contributed by atoms with E-state index in [-0.39, 0.29) is 5.60 Å². The molecule has 2 heterocycles. The summed E-state index contributed by atoms with van der Waals surface area (Å²) in [5, 5.41) is 4.48. The second kappa shape index (κ2) is 12.9. The zero-order chi connectivity index (χ0) is 21.9. The van der Waals surface area contributed by atoms with Crippen molar-refractivity contribution in [2.45, 2.75) is 72.6 Å². The van der Waals surface area contributed by atoms with E-state index in [4.69, 9.17) is 16.3 Å². The summed E-state index contributed by atoms with van der Waals surface area (Å²) in [6.45, 7) is 13.9. The third-order valence-corrected chi connectivity index (χ3v) is 5.03. The summed E-state index contributed by atoms with van der Waals surface area (Å²) < 4.78 is 4.94. The molecule has 0 saturated carbocycles. The van der Waals surface area contributed by atoms with E-state index in [1.165, 1.54) is 38.0 Å². The highest BCUT2D eigenvalue weighted by Gasteiger charge is 2.12. The van der Waals surface area contributed by atoms with Gasteiger partial charge >= 0.3 is 0 Å². The number of H-pyrrole nitrogens is 1. The Morgan fingerprint density at radius 2 is 1.79 bits per heavy atom. The summed E-state index contributed by atoms with van der Waals surface area (Å²) in [6.07, 6.45) is 4.64. The van der Waals surface area contributed by atoms with Gasteiger partial charge in [-0.1, -0.05) is 31.9 Å². The number of benzene rings is 1. The average molecular weight is 424 g/mol. The van der Waals surface area contributed by atoms with Crippen molar-refractivity contribution in [3.63, 3.8) is 0 Å². The molecule has 1 aliphatic rings. The molecule has 3 rings (SSSR count). The Hall–Kier alpha value is -1.56. The van der Waals surface area contributed by atoms with Gasteiger partial charge < -0.3 is 15.0 Å². The zero-order valence-corrected chi connectivity index (χ0v) is 19.7. The Morgan fingerprint density at radius 3 is 2.34 bits per heavy atom. The van der Waals surface area contributed by atoms with Gasteiger partial charge in [-0.3, -0.25) is 9.69 Å². The van der Waals surface area contributed by atoms with Crippen molar-refractivity contribution in [2.24, 2.45) is 0 Å². The number of nitrogens with zero attached hydrogens (tertiary/aromatic N) is 1. The Labute approximate surface area is 181 Å². The van der Waals surface area contributed by atoms with Crippen LogP contribution in [-0.4, -0.2) is 42.1 Å². The number of fused-ring (bicyclic) bond motifs is 1. The molecule has 0 radical (unpaired) electrons. The van der Waals surface area contributed by atoms with Crippen LogP contribution >= 0.6 is 11.6 Å². The van der Waals surface area contributed by atoms with Gasteiger partial charge in [0.2, 0.25) is 6.41 Å². The van der Waals surface area contributed by atoms with Gasteiger partial charge in [0.15, 0.2) is 0 Å². The summed E-state index contributed by atoms with van der Waals surface area (Å²) in [6, 6.07) is 6.16. The van der Waals surface area contributed by atoms with Crippen LogP contribution in [0.2, 0.25) is 5.02 Å². The minimum Gasteiger partial charge on any atom is -0.379 e. The van der Waals surface area contributed by atoms with Gasteiger partial charge in [0.1, 0.15) is 0 Å². The Balaban J connectivity index is 0.000000454. The summed E-state index contributed by atoms with van der Waals surface area (Å²) >= 11 is 6.26. The van der Waals surface area contributed by atoms with Crippen LogP contribution in [-0.2, 0) is 22.6 Å². The number of aromatic nitrogens is 1. The van der Waals surface area contributed by atoms with Gasteiger partial charge in [-0.15, -0.1) is 0 Å². The Kier molecular flexibility index (Phi) is 11.3. The highest BCUT2D eigenvalue weighted by atomic mass is 35.5. The Morgan fingerprint density at radius 1 is 1.17 bits per heavy atom. The number of amides is 1. The molecule has 0 unspecified atom stereocenters. The van der Waals surface area contributed by atoms with Crippen LogP contribution in [0.4, 0.5) is 0 Å². The fourth-order valence-corrected chi connectivity index (χ4v) is 3.23. The Bertz CT molecular complexity index is 732. The van der Waals surface area contributed by atoms with Gasteiger partial charge in [0, 0.05) is 41.8 Å². The lowest BCUT2D eigenvalue weighted by Gasteiger charge is -2.25. The average Bonchev–Trinajstić information content (AvgIpc) is 3.09. The molecule has 1 saturated heterocycles. The van der Waals surface area contributed by atoms with Crippen molar-refractivity contribution in [2.75, 3.05) is 20.2 Å².